The number of hydrogen-bond donors (Lipinski definition) is 0. The van der Waals surface area contributed by atoms with E-state index in [2.05, 4.69) is 30.6 Å². The first-order valence-corrected chi connectivity index (χ1v) is 7.65. The van der Waals surface area contributed by atoms with Crippen molar-refractivity contribution in [2.24, 2.45) is 11.8 Å². The molecule has 98 valence electrons. The number of nitrogens with zero attached hydrogens (tertiary/aromatic N) is 2. The molecule has 0 aromatic heterocycles. The minimum absolute atomic E-state index is 0.812. The van der Waals surface area contributed by atoms with Crippen LogP contribution in [0.25, 0.3) is 0 Å². The Labute approximate surface area is 106 Å². The zero-order chi connectivity index (χ0) is 12.0. The molecule has 0 aromatic rings. The fourth-order valence-corrected chi connectivity index (χ4v) is 4.21. The van der Waals surface area contributed by atoms with E-state index in [0.29, 0.717) is 0 Å². The number of fused-ring (bicyclic) bond motifs is 1. The highest BCUT2D eigenvalue weighted by Crippen LogP contribution is 2.37. The predicted molar refractivity (Wildman–Crippen MR) is 72.1 cm³/mol. The molecule has 0 bridgehead atoms. The van der Waals surface area contributed by atoms with Crippen molar-refractivity contribution >= 4 is 0 Å². The first-order valence-electron chi connectivity index (χ1n) is 7.65. The van der Waals surface area contributed by atoms with Crippen LogP contribution in [0.15, 0.2) is 0 Å². The van der Waals surface area contributed by atoms with Crippen LogP contribution in [-0.4, -0.2) is 47.6 Å². The van der Waals surface area contributed by atoms with Gasteiger partial charge in [-0.1, -0.05) is 20.8 Å². The van der Waals surface area contributed by atoms with Crippen LogP contribution in [0.2, 0.25) is 0 Å². The van der Waals surface area contributed by atoms with Crippen molar-refractivity contribution in [2.75, 3.05) is 19.6 Å². The van der Waals surface area contributed by atoms with Gasteiger partial charge in [0.25, 0.3) is 0 Å². The number of hydrogen-bond acceptors (Lipinski definition) is 2. The first-order chi connectivity index (χ1) is 8.15. The lowest BCUT2D eigenvalue weighted by Crippen LogP contribution is -2.62. The van der Waals surface area contributed by atoms with Gasteiger partial charge in [0.15, 0.2) is 0 Å². The Kier molecular flexibility index (Phi) is 3.20. The zero-order valence-corrected chi connectivity index (χ0v) is 11.7. The smallest absolute Gasteiger partial charge is 0.0249 e. The fourth-order valence-electron chi connectivity index (χ4n) is 4.21. The van der Waals surface area contributed by atoms with Gasteiger partial charge in [0, 0.05) is 31.2 Å². The van der Waals surface area contributed by atoms with E-state index in [0.717, 1.165) is 30.0 Å². The summed E-state index contributed by atoms with van der Waals surface area (Å²) in [7, 11) is 0. The second kappa shape index (κ2) is 4.55. The number of piperazine rings is 1. The Morgan fingerprint density at radius 2 is 1.82 bits per heavy atom. The molecule has 3 rings (SSSR count). The van der Waals surface area contributed by atoms with E-state index >= 15 is 0 Å². The molecule has 3 aliphatic rings. The summed E-state index contributed by atoms with van der Waals surface area (Å²) in [6.07, 6.45) is 5.79. The van der Waals surface area contributed by atoms with E-state index < -0.39 is 0 Å². The van der Waals surface area contributed by atoms with Crippen molar-refractivity contribution in [3.63, 3.8) is 0 Å². The van der Waals surface area contributed by atoms with Gasteiger partial charge in [0.1, 0.15) is 0 Å². The van der Waals surface area contributed by atoms with Crippen LogP contribution >= 0.6 is 0 Å². The SMILES string of the molecule is CC1CC(N2CC3CCCN3CC2C(C)C)C1. The van der Waals surface area contributed by atoms with Crippen LogP contribution in [0.1, 0.15) is 46.5 Å². The molecule has 0 aromatic carbocycles. The van der Waals surface area contributed by atoms with Gasteiger partial charge in [-0.15, -0.1) is 0 Å². The maximum atomic E-state index is 2.89. The molecule has 0 amide bonds. The van der Waals surface area contributed by atoms with Gasteiger partial charge >= 0.3 is 0 Å². The van der Waals surface area contributed by atoms with Gasteiger partial charge in [0.05, 0.1) is 0 Å². The van der Waals surface area contributed by atoms with Crippen LogP contribution < -0.4 is 0 Å². The Hall–Kier alpha value is -0.0800. The van der Waals surface area contributed by atoms with Gasteiger partial charge in [-0.3, -0.25) is 9.80 Å². The third-order valence-electron chi connectivity index (χ3n) is 5.36. The van der Waals surface area contributed by atoms with Gasteiger partial charge in [-0.2, -0.15) is 0 Å². The third kappa shape index (κ3) is 2.15. The number of rotatable bonds is 2. The Morgan fingerprint density at radius 1 is 1.06 bits per heavy atom. The standard InChI is InChI=1S/C15H28N2/c1-11(2)15-10-16-6-4-5-13(16)9-17(15)14-7-12(3)8-14/h11-15H,4-10H2,1-3H3. The summed E-state index contributed by atoms with van der Waals surface area (Å²) >= 11 is 0. The lowest BCUT2D eigenvalue weighted by Gasteiger charge is -2.52. The summed E-state index contributed by atoms with van der Waals surface area (Å²) in [6, 6.07) is 2.63. The molecule has 2 unspecified atom stereocenters. The van der Waals surface area contributed by atoms with E-state index in [1.165, 1.54) is 45.3 Å². The Balaban J connectivity index is 1.70. The molecular formula is C15H28N2. The van der Waals surface area contributed by atoms with E-state index in [4.69, 9.17) is 0 Å². The molecule has 2 heteroatoms. The van der Waals surface area contributed by atoms with Crippen molar-refractivity contribution in [1.82, 2.24) is 9.80 Å². The van der Waals surface area contributed by atoms with Crippen molar-refractivity contribution < 1.29 is 0 Å². The average molecular weight is 236 g/mol. The topological polar surface area (TPSA) is 6.48 Å². The zero-order valence-electron chi connectivity index (χ0n) is 11.7. The summed E-state index contributed by atoms with van der Waals surface area (Å²) in [5, 5.41) is 0. The molecule has 1 saturated carbocycles. The Morgan fingerprint density at radius 3 is 2.47 bits per heavy atom. The van der Waals surface area contributed by atoms with Crippen LogP contribution in [0.5, 0.6) is 0 Å². The molecule has 17 heavy (non-hydrogen) atoms. The fraction of sp³-hybridized carbons (Fsp3) is 1.00. The molecule has 1 aliphatic carbocycles. The highest BCUT2D eigenvalue weighted by molar-refractivity contribution is 4.98. The lowest BCUT2D eigenvalue weighted by atomic mass is 9.78. The van der Waals surface area contributed by atoms with E-state index in [1.54, 1.807) is 0 Å². The minimum atomic E-state index is 0.812. The second-order valence-corrected chi connectivity index (χ2v) is 7.03. The van der Waals surface area contributed by atoms with Gasteiger partial charge in [-0.25, -0.2) is 0 Å². The van der Waals surface area contributed by atoms with E-state index in [9.17, 15) is 0 Å². The second-order valence-electron chi connectivity index (χ2n) is 7.03. The summed E-state index contributed by atoms with van der Waals surface area (Å²) in [5.41, 5.74) is 0. The molecule has 3 fully saturated rings. The highest BCUT2D eigenvalue weighted by Gasteiger charge is 2.42. The Bertz CT molecular complexity index is 270. The lowest BCUT2D eigenvalue weighted by molar-refractivity contribution is -0.0362. The molecule has 2 nitrogen and oxygen atoms in total. The highest BCUT2D eigenvalue weighted by atomic mass is 15.3. The average Bonchev–Trinajstić information content (AvgIpc) is 2.69. The summed E-state index contributed by atoms with van der Waals surface area (Å²) in [5.74, 6) is 1.79. The molecule has 0 spiro atoms. The maximum Gasteiger partial charge on any atom is 0.0249 e. The molecular weight excluding hydrogens is 208 g/mol. The molecule has 2 heterocycles. The van der Waals surface area contributed by atoms with Crippen molar-refractivity contribution in [3.8, 4) is 0 Å². The van der Waals surface area contributed by atoms with Crippen molar-refractivity contribution in [3.05, 3.63) is 0 Å². The van der Waals surface area contributed by atoms with E-state index in [-0.39, 0.29) is 0 Å². The van der Waals surface area contributed by atoms with Gasteiger partial charge in [0.2, 0.25) is 0 Å². The largest absolute Gasteiger partial charge is 0.298 e. The van der Waals surface area contributed by atoms with Crippen molar-refractivity contribution in [1.29, 1.82) is 0 Å². The van der Waals surface area contributed by atoms with Crippen molar-refractivity contribution in [2.45, 2.75) is 64.6 Å². The van der Waals surface area contributed by atoms with Crippen LogP contribution in [0.4, 0.5) is 0 Å². The van der Waals surface area contributed by atoms with E-state index in [1.807, 2.05) is 0 Å². The van der Waals surface area contributed by atoms with Crippen LogP contribution in [0, 0.1) is 11.8 Å². The minimum Gasteiger partial charge on any atom is -0.298 e. The maximum absolute atomic E-state index is 2.89. The summed E-state index contributed by atoms with van der Waals surface area (Å²) < 4.78 is 0. The summed E-state index contributed by atoms with van der Waals surface area (Å²) in [4.78, 5) is 5.65. The molecule has 0 radical (unpaired) electrons. The first kappa shape index (κ1) is 12.0. The molecule has 2 aliphatic heterocycles. The molecule has 2 atom stereocenters. The quantitative estimate of drug-likeness (QED) is 0.727. The molecule has 0 N–H and O–H groups in total. The normalized spacial score (nSPS) is 43.8. The van der Waals surface area contributed by atoms with Crippen LogP contribution in [0.3, 0.4) is 0 Å². The monoisotopic (exact) mass is 236 g/mol. The van der Waals surface area contributed by atoms with Crippen LogP contribution in [-0.2, 0) is 0 Å². The predicted octanol–water partition coefficient (Wildman–Crippen LogP) is 2.59. The molecule has 2 saturated heterocycles. The third-order valence-corrected chi connectivity index (χ3v) is 5.36. The summed E-state index contributed by atoms with van der Waals surface area (Å²) in [6.45, 7) is 11.3. The van der Waals surface area contributed by atoms with Gasteiger partial charge in [-0.05, 0) is 44.1 Å². The van der Waals surface area contributed by atoms with Gasteiger partial charge < -0.3 is 0 Å².